The van der Waals surface area contributed by atoms with Crippen LogP contribution in [0.15, 0.2) is 41.0 Å². The second-order valence-electron chi connectivity index (χ2n) is 6.25. The number of hydrogen-bond acceptors (Lipinski definition) is 4. The standard InChI is InChI=1S/C17H16BrClN2O3S/c1-17(2)16(18)15(13-7-4-10(19)9-20-13)12-6-5-11(8-14(12)24-17)21-25(3,22)23/h4-9,21H,1-3H3. The van der Waals surface area contributed by atoms with Gasteiger partial charge in [0.15, 0.2) is 0 Å². The normalized spacial score (nSPS) is 16.2. The van der Waals surface area contributed by atoms with Crippen LogP contribution < -0.4 is 9.46 Å². The molecule has 0 unspecified atom stereocenters. The van der Waals surface area contributed by atoms with Crippen molar-refractivity contribution in [2.45, 2.75) is 19.4 Å². The summed E-state index contributed by atoms with van der Waals surface area (Å²) in [5.74, 6) is 0.577. The highest BCUT2D eigenvalue weighted by Crippen LogP contribution is 2.46. The summed E-state index contributed by atoms with van der Waals surface area (Å²) in [5.41, 5.74) is 2.26. The molecule has 0 saturated heterocycles. The van der Waals surface area contributed by atoms with Crippen molar-refractivity contribution in [3.8, 4) is 5.75 Å². The molecule has 2 aromatic rings. The molecule has 5 nitrogen and oxygen atoms in total. The van der Waals surface area contributed by atoms with Crippen molar-refractivity contribution < 1.29 is 13.2 Å². The number of sulfonamides is 1. The van der Waals surface area contributed by atoms with E-state index in [1.807, 2.05) is 26.0 Å². The number of rotatable bonds is 3. The number of aromatic nitrogens is 1. The molecular formula is C17H16BrClN2O3S. The van der Waals surface area contributed by atoms with Crippen LogP contribution in [0.5, 0.6) is 5.75 Å². The van der Waals surface area contributed by atoms with Crippen LogP contribution in [0.25, 0.3) is 5.57 Å². The zero-order chi connectivity index (χ0) is 18.4. The molecule has 8 heteroatoms. The van der Waals surface area contributed by atoms with E-state index in [1.165, 1.54) is 0 Å². The Hall–Kier alpha value is -1.57. The third kappa shape index (κ3) is 3.83. The minimum atomic E-state index is -3.37. The van der Waals surface area contributed by atoms with Gasteiger partial charge in [0, 0.05) is 27.9 Å². The molecule has 0 atom stereocenters. The third-order valence-corrected chi connectivity index (χ3v) is 5.83. The van der Waals surface area contributed by atoms with Crippen molar-refractivity contribution in [3.63, 3.8) is 0 Å². The molecule has 0 fully saturated rings. The maximum absolute atomic E-state index is 11.5. The summed E-state index contributed by atoms with van der Waals surface area (Å²) in [5, 5.41) is 0.555. The quantitative estimate of drug-likeness (QED) is 0.762. The zero-order valence-corrected chi connectivity index (χ0v) is 17.0. The number of pyridine rings is 1. The lowest BCUT2D eigenvalue weighted by Gasteiger charge is -2.34. The first kappa shape index (κ1) is 18.2. The first-order valence-electron chi connectivity index (χ1n) is 7.40. The smallest absolute Gasteiger partial charge is 0.229 e. The van der Waals surface area contributed by atoms with E-state index in [9.17, 15) is 8.42 Å². The number of nitrogens with one attached hydrogen (secondary N) is 1. The molecule has 0 aliphatic carbocycles. The molecule has 25 heavy (non-hydrogen) atoms. The number of halogens is 2. The Kier molecular flexibility index (Phi) is 4.59. The number of benzene rings is 1. The van der Waals surface area contributed by atoms with Crippen LogP contribution in [0.1, 0.15) is 25.1 Å². The van der Waals surface area contributed by atoms with E-state index in [1.54, 1.807) is 24.4 Å². The maximum atomic E-state index is 11.5. The van der Waals surface area contributed by atoms with Gasteiger partial charge in [0.1, 0.15) is 11.4 Å². The Morgan fingerprint density at radius 1 is 1.24 bits per heavy atom. The number of fused-ring (bicyclic) bond motifs is 1. The van der Waals surface area contributed by atoms with Gasteiger partial charge in [-0.15, -0.1) is 0 Å². The third-order valence-electron chi connectivity index (χ3n) is 3.65. The summed E-state index contributed by atoms with van der Waals surface area (Å²) in [4.78, 5) is 4.41. The van der Waals surface area contributed by atoms with Gasteiger partial charge in [0.2, 0.25) is 10.0 Å². The summed E-state index contributed by atoms with van der Waals surface area (Å²) in [7, 11) is -3.37. The predicted molar refractivity (Wildman–Crippen MR) is 104 cm³/mol. The summed E-state index contributed by atoms with van der Waals surface area (Å²) >= 11 is 9.58. The van der Waals surface area contributed by atoms with Crippen LogP contribution in [-0.4, -0.2) is 25.3 Å². The van der Waals surface area contributed by atoms with Crippen LogP contribution in [0, 0.1) is 0 Å². The summed E-state index contributed by atoms with van der Waals surface area (Å²) in [6.45, 7) is 3.85. The molecule has 0 bridgehead atoms. The molecule has 2 heterocycles. The van der Waals surface area contributed by atoms with E-state index >= 15 is 0 Å². The van der Waals surface area contributed by atoms with E-state index in [0.29, 0.717) is 16.5 Å². The fourth-order valence-corrected chi connectivity index (χ4v) is 3.77. The van der Waals surface area contributed by atoms with Crippen molar-refractivity contribution in [2.75, 3.05) is 11.0 Å². The molecule has 1 aliphatic rings. The van der Waals surface area contributed by atoms with Crippen molar-refractivity contribution in [2.24, 2.45) is 0 Å². The molecule has 0 spiro atoms. The molecule has 1 aromatic heterocycles. The second kappa shape index (κ2) is 6.30. The lowest BCUT2D eigenvalue weighted by atomic mass is 9.92. The van der Waals surface area contributed by atoms with Crippen LogP contribution in [0.4, 0.5) is 5.69 Å². The van der Waals surface area contributed by atoms with Crippen molar-refractivity contribution >= 4 is 48.8 Å². The van der Waals surface area contributed by atoms with E-state index < -0.39 is 15.6 Å². The zero-order valence-electron chi connectivity index (χ0n) is 13.8. The number of anilines is 1. The van der Waals surface area contributed by atoms with Crippen molar-refractivity contribution in [1.82, 2.24) is 4.98 Å². The molecule has 0 amide bonds. The topological polar surface area (TPSA) is 68.3 Å². The highest BCUT2D eigenvalue weighted by Gasteiger charge is 2.35. The molecule has 132 valence electrons. The van der Waals surface area contributed by atoms with E-state index in [2.05, 4.69) is 25.6 Å². The first-order valence-corrected chi connectivity index (χ1v) is 10.5. The SMILES string of the molecule is CC1(C)Oc2cc(NS(C)(=O)=O)ccc2C(c2ccc(Cl)cn2)=C1Br. The fraction of sp³-hybridized carbons (Fsp3) is 0.235. The minimum absolute atomic E-state index is 0.443. The van der Waals surface area contributed by atoms with Gasteiger partial charge in [-0.25, -0.2) is 8.42 Å². The lowest BCUT2D eigenvalue weighted by molar-refractivity contribution is 0.155. The Bertz CT molecular complexity index is 970. The predicted octanol–water partition coefficient (Wildman–Crippen LogP) is 4.43. The van der Waals surface area contributed by atoms with Crippen LogP contribution in [0.3, 0.4) is 0 Å². The molecular weight excluding hydrogens is 428 g/mol. The minimum Gasteiger partial charge on any atom is -0.482 e. The van der Waals surface area contributed by atoms with Gasteiger partial charge >= 0.3 is 0 Å². The Labute approximate surface area is 160 Å². The number of ether oxygens (including phenoxy) is 1. The Morgan fingerprint density at radius 2 is 1.96 bits per heavy atom. The molecule has 3 rings (SSSR count). The van der Waals surface area contributed by atoms with Gasteiger partial charge in [-0.3, -0.25) is 9.71 Å². The monoisotopic (exact) mass is 442 g/mol. The summed E-state index contributed by atoms with van der Waals surface area (Å²) < 4.78 is 32.3. The highest BCUT2D eigenvalue weighted by molar-refractivity contribution is 9.12. The van der Waals surface area contributed by atoms with E-state index in [-0.39, 0.29) is 0 Å². The maximum Gasteiger partial charge on any atom is 0.229 e. The van der Waals surface area contributed by atoms with Crippen LogP contribution in [-0.2, 0) is 10.0 Å². The molecule has 1 aliphatic heterocycles. The molecule has 0 radical (unpaired) electrons. The van der Waals surface area contributed by atoms with E-state index in [0.717, 1.165) is 27.6 Å². The summed E-state index contributed by atoms with van der Waals surface area (Å²) in [6.07, 6.45) is 2.70. The largest absolute Gasteiger partial charge is 0.482 e. The van der Waals surface area contributed by atoms with Gasteiger partial charge in [0.05, 0.1) is 22.7 Å². The molecule has 1 aromatic carbocycles. The molecule has 1 N–H and O–H groups in total. The van der Waals surface area contributed by atoms with Crippen molar-refractivity contribution in [3.05, 3.63) is 57.3 Å². The van der Waals surface area contributed by atoms with E-state index in [4.69, 9.17) is 16.3 Å². The first-order chi connectivity index (χ1) is 11.6. The van der Waals surface area contributed by atoms with Crippen LogP contribution >= 0.6 is 27.5 Å². The Morgan fingerprint density at radius 3 is 2.56 bits per heavy atom. The van der Waals surface area contributed by atoms with Gasteiger partial charge < -0.3 is 4.74 Å². The Balaban J connectivity index is 2.17. The van der Waals surface area contributed by atoms with Gasteiger partial charge in [-0.2, -0.15) is 0 Å². The average Bonchev–Trinajstić information content (AvgIpc) is 2.48. The van der Waals surface area contributed by atoms with Crippen LogP contribution in [0.2, 0.25) is 5.02 Å². The van der Waals surface area contributed by atoms with Gasteiger partial charge in [0.25, 0.3) is 0 Å². The highest BCUT2D eigenvalue weighted by atomic mass is 79.9. The summed E-state index contributed by atoms with van der Waals surface area (Å²) in [6, 6.07) is 8.79. The average molecular weight is 444 g/mol. The van der Waals surface area contributed by atoms with Gasteiger partial charge in [-0.05, 0) is 38.1 Å². The molecule has 0 saturated carbocycles. The number of hydrogen-bond donors (Lipinski definition) is 1. The second-order valence-corrected chi connectivity index (χ2v) is 9.23. The van der Waals surface area contributed by atoms with Gasteiger partial charge in [-0.1, -0.05) is 27.5 Å². The fourth-order valence-electron chi connectivity index (χ4n) is 2.60. The number of nitrogens with zero attached hydrogens (tertiary/aromatic N) is 1. The lowest BCUT2D eigenvalue weighted by Crippen LogP contribution is -2.32. The van der Waals surface area contributed by atoms with Crippen molar-refractivity contribution in [1.29, 1.82) is 0 Å².